The van der Waals surface area contributed by atoms with Crippen LogP contribution >= 0.6 is 0 Å². The van der Waals surface area contributed by atoms with Crippen molar-refractivity contribution in [2.45, 2.75) is 13.1 Å². The van der Waals surface area contributed by atoms with Gasteiger partial charge >= 0.3 is 6.18 Å². The first kappa shape index (κ1) is 31.4. The topological polar surface area (TPSA) is 66.8 Å². The van der Waals surface area contributed by atoms with E-state index in [9.17, 15) is 18.4 Å². The minimum absolute atomic E-state index is 0.487. The van der Waals surface area contributed by atoms with Gasteiger partial charge in [0, 0.05) is 27.3 Å². The van der Waals surface area contributed by atoms with Gasteiger partial charge in [0.15, 0.2) is 5.69 Å². The third-order valence-electron chi connectivity index (χ3n) is 8.95. The van der Waals surface area contributed by atoms with E-state index in [1.807, 2.05) is 84.9 Å². The molecule has 0 aliphatic heterocycles. The lowest BCUT2D eigenvalue weighted by Crippen LogP contribution is -2.05. The van der Waals surface area contributed by atoms with Gasteiger partial charge in [-0.3, -0.25) is 0 Å². The van der Waals surface area contributed by atoms with Crippen molar-refractivity contribution >= 4 is 38.4 Å². The van der Waals surface area contributed by atoms with E-state index in [-0.39, 0.29) is 0 Å². The molecule has 2 aromatic heterocycles. The second-order valence-electron chi connectivity index (χ2n) is 12.3. The van der Waals surface area contributed by atoms with Crippen LogP contribution in [-0.4, -0.2) is 15.0 Å². The number of benzene rings is 6. The summed E-state index contributed by atoms with van der Waals surface area (Å²) >= 11 is 0. The Balaban J connectivity index is 1.35. The molecular weight excluding hydrogens is 644 g/mol. The number of aryl methyl sites for hydroxylation is 1. The number of nitrogens with zero attached hydrogens (tertiary/aromatic N) is 5. The molecule has 242 valence electrons. The lowest BCUT2D eigenvalue weighted by atomic mass is 9.95. The quantitative estimate of drug-likeness (QED) is 0.138. The first-order chi connectivity index (χ1) is 24.7. The third-order valence-corrected chi connectivity index (χ3v) is 8.95. The van der Waals surface area contributed by atoms with Gasteiger partial charge in [-0.2, -0.15) is 18.4 Å². The molecule has 0 bridgehead atoms. The van der Waals surface area contributed by atoms with Crippen LogP contribution in [0.25, 0.3) is 82.5 Å². The largest absolute Gasteiger partial charge is 0.416 e. The number of aromatic nitrogens is 3. The molecule has 0 atom stereocenters. The number of halogens is 3. The van der Waals surface area contributed by atoms with Crippen molar-refractivity contribution in [3.8, 4) is 51.0 Å². The summed E-state index contributed by atoms with van der Waals surface area (Å²) < 4.78 is 40.8. The molecule has 6 aromatic carbocycles. The van der Waals surface area contributed by atoms with E-state index in [4.69, 9.17) is 21.5 Å². The smallest absolute Gasteiger partial charge is 0.247 e. The summed E-state index contributed by atoms with van der Waals surface area (Å²) in [6.45, 7) is 9.04. The molecular formula is C43H24F3N5. The maximum atomic E-state index is 13.6. The lowest BCUT2D eigenvalue weighted by molar-refractivity contribution is -0.137. The van der Waals surface area contributed by atoms with Gasteiger partial charge in [-0.1, -0.05) is 84.9 Å². The van der Waals surface area contributed by atoms with Gasteiger partial charge in [0.25, 0.3) is 0 Å². The Bertz CT molecular complexity index is 2740. The molecule has 8 rings (SSSR count). The van der Waals surface area contributed by atoms with E-state index in [0.717, 1.165) is 44.4 Å². The normalized spacial score (nSPS) is 11.5. The molecule has 0 spiro atoms. The number of nitriles is 1. The minimum Gasteiger partial charge on any atom is -0.247 e. The van der Waals surface area contributed by atoms with Gasteiger partial charge in [-0.05, 0) is 71.6 Å². The van der Waals surface area contributed by atoms with E-state index >= 15 is 0 Å². The molecule has 2 heterocycles. The van der Waals surface area contributed by atoms with Crippen molar-refractivity contribution in [2.24, 2.45) is 0 Å². The molecule has 0 aliphatic rings. The summed E-state index contributed by atoms with van der Waals surface area (Å²) in [5.74, 6) is 0. The number of pyridine rings is 1. The first-order valence-corrected chi connectivity index (χ1v) is 16.0. The van der Waals surface area contributed by atoms with E-state index in [2.05, 4.69) is 10.9 Å². The summed E-state index contributed by atoms with van der Waals surface area (Å²) in [7, 11) is 0. The molecule has 0 N–H and O–H groups in total. The molecule has 0 radical (unpaired) electrons. The van der Waals surface area contributed by atoms with Crippen LogP contribution < -0.4 is 0 Å². The number of hydrogen-bond acceptors (Lipinski definition) is 4. The fourth-order valence-electron chi connectivity index (χ4n) is 6.51. The van der Waals surface area contributed by atoms with Crippen LogP contribution in [0, 0.1) is 24.8 Å². The maximum Gasteiger partial charge on any atom is 0.416 e. The highest BCUT2D eigenvalue weighted by Crippen LogP contribution is 2.40. The number of hydrogen-bond donors (Lipinski definition) is 0. The molecule has 0 saturated carbocycles. The Morgan fingerprint density at radius 1 is 0.608 bits per heavy atom. The van der Waals surface area contributed by atoms with E-state index in [0.29, 0.717) is 56.1 Å². The zero-order valence-electron chi connectivity index (χ0n) is 27.0. The number of fused-ring (bicyclic) bond motifs is 5. The van der Waals surface area contributed by atoms with Crippen LogP contribution in [0.4, 0.5) is 18.9 Å². The van der Waals surface area contributed by atoms with Crippen LogP contribution in [0.2, 0.25) is 0 Å². The van der Waals surface area contributed by atoms with Gasteiger partial charge in [0.1, 0.15) is 0 Å². The van der Waals surface area contributed by atoms with Crippen LogP contribution in [0.5, 0.6) is 0 Å². The minimum atomic E-state index is -4.44. The molecule has 5 nitrogen and oxygen atoms in total. The van der Waals surface area contributed by atoms with Gasteiger partial charge in [0.2, 0.25) is 0 Å². The Morgan fingerprint density at radius 3 is 1.90 bits per heavy atom. The lowest BCUT2D eigenvalue weighted by Gasteiger charge is -2.15. The van der Waals surface area contributed by atoms with Gasteiger partial charge in [-0.25, -0.2) is 19.8 Å². The van der Waals surface area contributed by atoms with Gasteiger partial charge in [0.05, 0.1) is 57.4 Å². The molecule has 0 fully saturated rings. The second kappa shape index (κ2) is 12.2. The second-order valence-corrected chi connectivity index (χ2v) is 12.3. The standard InChI is InChI=1S/C43H24F3N5/c1-25-21-31(23-32(22-25)43(44,45)46)27-11-13-28(14-12-27)39-35-19-20-37-42(38(35)34-5-3-4-6-36(34)49-39)51-41(29-9-7-26(24-47)8-10-29)40(50-37)30-15-17-33(48-2)18-16-30/h3-23H,1H3. The maximum absolute atomic E-state index is 13.6. The summed E-state index contributed by atoms with van der Waals surface area (Å²) in [6, 6.07) is 39.8. The van der Waals surface area contributed by atoms with E-state index < -0.39 is 11.7 Å². The van der Waals surface area contributed by atoms with Crippen molar-refractivity contribution in [2.75, 3.05) is 0 Å². The van der Waals surface area contributed by atoms with Crippen molar-refractivity contribution in [3.05, 3.63) is 156 Å². The van der Waals surface area contributed by atoms with Gasteiger partial charge in [-0.15, -0.1) is 0 Å². The molecule has 0 amide bonds. The predicted molar refractivity (Wildman–Crippen MR) is 195 cm³/mol. The molecule has 0 aliphatic carbocycles. The van der Waals surface area contributed by atoms with Crippen molar-refractivity contribution in [3.63, 3.8) is 0 Å². The average molecular weight is 668 g/mol. The summed E-state index contributed by atoms with van der Waals surface area (Å²) in [4.78, 5) is 19.0. The monoisotopic (exact) mass is 667 g/mol. The summed E-state index contributed by atoms with van der Waals surface area (Å²) in [5, 5.41) is 12.0. The molecule has 8 heteroatoms. The molecule has 8 aromatic rings. The summed E-state index contributed by atoms with van der Waals surface area (Å²) in [6.07, 6.45) is -4.44. The first-order valence-electron chi connectivity index (χ1n) is 16.0. The fourth-order valence-corrected chi connectivity index (χ4v) is 6.51. The number of alkyl halides is 3. The highest BCUT2D eigenvalue weighted by molar-refractivity contribution is 6.21. The van der Waals surface area contributed by atoms with Crippen molar-refractivity contribution < 1.29 is 13.2 Å². The number of para-hydroxylation sites is 1. The van der Waals surface area contributed by atoms with E-state index in [1.165, 1.54) is 6.07 Å². The highest BCUT2D eigenvalue weighted by Gasteiger charge is 2.31. The Labute approximate surface area is 290 Å². The Kier molecular flexibility index (Phi) is 7.51. The molecule has 0 saturated heterocycles. The zero-order valence-corrected chi connectivity index (χ0v) is 27.0. The predicted octanol–water partition coefficient (Wildman–Crippen LogP) is 11.7. The SMILES string of the molecule is [C-]#[N+]c1ccc(-c2nc3ccc4c(-c5ccc(-c6cc(C)cc(C(F)(F)F)c6)cc5)nc5ccccc5c4c3nc2-c2ccc(C#N)cc2)cc1. The van der Waals surface area contributed by atoms with E-state index in [1.54, 1.807) is 37.3 Å². The number of rotatable bonds is 4. The Hall–Kier alpha value is -6.90. The molecule has 0 unspecified atom stereocenters. The van der Waals surface area contributed by atoms with Crippen LogP contribution in [-0.2, 0) is 6.18 Å². The Morgan fingerprint density at radius 2 is 1.22 bits per heavy atom. The average Bonchev–Trinajstić information content (AvgIpc) is 3.16. The van der Waals surface area contributed by atoms with Gasteiger partial charge < -0.3 is 0 Å². The zero-order chi connectivity index (χ0) is 35.3. The van der Waals surface area contributed by atoms with Crippen LogP contribution in [0.15, 0.2) is 127 Å². The van der Waals surface area contributed by atoms with Crippen molar-refractivity contribution in [1.82, 2.24) is 15.0 Å². The fraction of sp³-hybridized carbons (Fsp3) is 0.0465. The highest BCUT2D eigenvalue weighted by atomic mass is 19.4. The van der Waals surface area contributed by atoms with Crippen LogP contribution in [0.1, 0.15) is 16.7 Å². The van der Waals surface area contributed by atoms with Crippen LogP contribution in [0.3, 0.4) is 0 Å². The summed E-state index contributed by atoms with van der Waals surface area (Å²) in [5.41, 5.74) is 8.49. The molecule has 51 heavy (non-hydrogen) atoms. The third kappa shape index (κ3) is 5.69. The van der Waals surface area contributed by atoms with Crippen molar-refractivity contribution in [1.29, 1.82) is 5.26 Å².